The summed E-state index contributed by atoms with van der Waals surface area (Å²) in [5.41, 5.74) is 2.44. The van der Waals surface area contributed by atoms with Gasteiger partial charge in [0, 0.05) is 31.7 Å². The molecule has 1 aromatic heterocycles. The third-order valence-electron chi connectivity index (χ3n) is 5.51. The van der Waals surface area contributed by atoms with Crippen LogP contribution in [-0.4, -0.2) is 60.6 Å². The number of rotatable bonds is 4. The number of para-hydroxylation sites is 2. The number of H-pyrrole nitrogens is 1. The lowest BCUT2D eigenvalue weighted by molar-refractivity contribution is 0.0767. The fourth-order valence-corrected chi connectivity index (χ4v) is 4.72. The number of benzene rings is 2. The number of hydrogen-bond acceptors (Lipinski definition) is 5. The van der Waals surface area contributed by atoms with Gasteiger partial charge in [-0.05, 0) is 56.7 Å². The van der Waals surface area contributed by atoms with Crippen LogP contribution in [-0.2, 0) is 9.84 Å². The van der Waals surface area contributed by atoms with E-state index in [0.717, 1.165) is 29.9 Å². The SMILES string of the molecule is CC(C)S(=O)(=O)c1ccc(C(=O)N2CCCN(c3nc4ccccc4[nH]3)CC2)cc1. The maximum absolute atomic E-state index is 13.0. The Bertz CT molecular complexity index is 1120. The number of nitrogens with zero attached hydrogens (tertiary/aromatic N) is 3. The molecule has 2 heterocycles. The first-order valence-corrected chi connectivity index (χ1v) is 11.7. The Morgan fingerprint density at radius 1 is 1.00 bits per heavy atom. The van der Waals surface area contributed by atoms with Crippen molar-refractivity contribution in [1.82, 2.24) is 14.9 Å². The third kappa shape index (κ3) is 3.92. The molecule has 1 aliphatic heterocycles. The van der Waals surface area contributed by atoms with E-state index in [4.69, 9.17) is 0 Å². The molecular weight excluding hydrogens is 400 g/mol. The first kappa shape index (κ1) is 20.4. The first-order chi connectivity index (χ1) is 14.4. The van der Waals surface area contributed by atoms with Crippen LogP contribution >= 0.6 is 0 Å². The smallest absolute Gasteiger partial charge is 0.253 e. The van der Waals surface area contributed by atoms with Crippen molar-refractivity contribution in [2.24, 2.45) is 0 Å². The molecule has 1 N–H and O–H groups in total. The average Bonchev–Trinajstić information content (AvgIpc) is 3.02. The number of aromatic nitrogens is 2. The number of carbonyl (C=O) groups is 1. The number of aromatic amines is 1. The topological polar surface area (TPSA) is 86.4 Å². The number of amides is 1. The van der Waals surface area contributed by atoms with E-state index < -0.39 is 15.1 Å². The van der Waals surface area contributed by atoms with Gasteiger partial charge in [0.15, 0.2) is 9.84 Å². The predicted octanol–water partition coefficient (Wildman–Crippen LogP) is 3.10. The Morgan fingerprint density at radius 3 is 2.43 bits per heavy atom. The second-order valence-corrected chi connectivity index (χ2v) is 10.3. The molecule has 2 aromatic carbocycles. The number of carbonyl (C=O) groups excluding carboxylic acids is 1. The Labute approximate surface area is 176 Å². The van der Waals surface area contributed by atoms with Gasteiger partial charge in [0.05, 0.1) is 21.2 Å². The van der Waals surface area contributed by atoms with Crippen LogP contribution in [0.5, 0.6) is 0 Å². The van der Waals surface area contributed by atoms with Gasteiger partial charge in [0.1, 0.15) is 0 Å². The summed E-state index contributed by atoms with van der Waals surface area (Å²) >= 11 is 0. The Hall–Kier alpha value is -2.87. The van der Waals surface area contributed by atoms with Crippen molar-refractivity contribution in [2.45, 2.75) is 30.4 Å². The van der Waals surface area contributed by atoms with Crippen LogP contribution in [0, 0.1) is 0 Å². The van der Waals surface area contributed by atoms with Gasteiger partial charge in [-0.15, -0.1) is 0 Å². The maximum atomic E-state index is 13.0. The van der Waals surface area contributed by atoms with Crippen molar-refractivity contribution in [3.05, 3.63) is 54.1 Å². The van der Waals surface area contributed by atoms with Gasteiger partial charge in [-0.25, -0.2) is 13.4 Å². The van der Waals surface area contributed by atoms with Crippen LogP contribution < -0.4 is 4.90 Å². The van der Waals surface area contributed by atoms with Crippen LogP contribution in [0.15, 0.2) is 53.4 Å². The zero-order valence-corrected chi connectivity index (χ0v) is 18.0. The van der Waals surface area contributed by atoms with E-state index in [-0.39, 0.29) is 10.8 Å². The van der Waals surface area contributed by atoms with Gasteiger partial charge < -0.3 is 14.8 Å². The van der Waals surface area contributed by atoms with E-state index in [1.54, 1.807) is 26.0 Å². The van der Waals surface area contributed by atoms with Crippen molar-refractivity contribution in [2.75, 3.05) is 31.1 Å². The molecule has 0 aliphatic carbocycles. The highest BCUT2D eigenvalue weighted by atomic mass is 32.2. The second-order valence-electron chi connectivity index (χ2n) is 7.83. The molecule has 0 bridgehead atoms. The van der Waals surface area contributed by atoms with Crippen LogP contribution in [0.2, 0.25) is 0 Å². The molecule has 0 saturated carbocycles. The Kier molecular flexibility index (Phi) is 5.51. The van der Waals surface area contributed by atoms with Crippen molar-refractivity contribution >= 4 is 32.7 Å². The van der Waals surface area contributed by atoms with Crippen molar-refractivity contribution < 1.29 is 13.2 Å². The fourth-order valence-electron chi connectivity index (χ4n) is 3.66. The van der Waals surface area contributed by atoms with Crippen molar-refractivity contribution in [3.8, 4) is 0 Å². The summed E-state index contributed by atoms with van der Waals surface area (Å²) in [5, 5.41) is -0.492. The number of sulfone groups is 1. The molecule has 7 nitrogen and oxygen atoms in total. The predicted molar refractivity (Wildman–Crippen MR) is 118 cm³/mol. The number of fused-ring (bicyclic) bond motifs is 1. The van der Waals surface area contributed by atoms with E-state index in [1.165, 1.54) is 12.1 Å². The average molecular weight is 427 g/mol. The summed E-state index contributed by atoms with van der Waals surface area (Å²) in [4.78, 5) is 25.2. The van der Waals surface area contributed by atoms with E-state index in [2.05, 4.69) is 14.9 Å². The molecule has 0 unspecified atom stereocenters. The number of hydrogen-bond donors (Lipinski definition) is 1. The lowest BCUT2D eigenvalue weighted by Gasteiger charge is -2.22. The normalized spacial score (nSPS) is 15.6. The summed E-state index contributed by atoms with van der Waals surface area (Å²) in [6.45, 7) is 6.04. The van der Waals surface area contributed by atoms with Gasteiger partial charge in [-0.2, -0.15) is 0 Å². The summed E-state index contributed by atoms with van der Waals surface area (Å²) in [5.74, 6) is 0.753. The molecule has 0 radical (unpaired) electrons. The van der Waals surface area contributed by atoms with E-state index in [9.17, 15) is 13.2 Å². The summed E-state index contributed by atoms with van der Waals surface area (Å²) < 4.78 is 24.6. The second kappa shape index (κ2) is 8.10. The van der Waals surface area contributed by atoms with Gasteiger partial charge >= 0.3 is 0 Å². The summed E-state index contributed by atoms with van der Waals surface area (Å²) in [7, 11) is -3.34. The van der Waals surface area contributed by atoms with Crippen LogP contribution in [0.4, 0.5) is 5.95 Å². The lowest BCUT2D eigenvalue weighted by atomic mass is 10.2. The molecule has 0 atom stereocenters. The molecule has 8 heteroatoms. The largest absolute Gasteiger partial charge is 0.341 e. The van der Waals surface area contributed by atoms with Gasteiger partial charge in [-0.3, -0.25) is 4.79 Å². The Morgan fingerprint density at radius 2 is 1.73 bits per heavy atom. The zero-order chi connectivity index (χ0) is 21.3. The van der Waals surface area contributed by atoms with Crippen LogP contribution in [0.3, 0.4) is 0 Å². The number of anilines is 1. The zero-order valence-electron chi connectivity index (χ0n) is 17.2. The quantitative estimate of drug-likeness (QED) is 0.693. The highest BCUT2D eigenvalue weighted by molar-refractivity contribution is 7.92. The standard InChI is InChI=1S/C22H26N4O3S/c1-16(2)30(28,29)18-10-8-17(9-11-18)21(27)25-12-5-13-26(15-14-25)22-23-19-6-3-4-7-20(19)24-22/h3-4,6-11,16H,5,12-15H2,1-2H3,(H,23,24). The van der Waals surface area contributed by atoms with Crippen molar-refractivity contribution in [3.63, 3.8) is 0 Å². The molecule has 158 valence electrons. The van der Waals surface area contributed by atoms with Gasteiger partial charge in [-0.1, -0.05) is 12.1 Å². The van der Waals surface area contributed by atoms with Crippen LogP contribution in [0.1, 0.15) is 30.6 Å². The molecule has 1 amide bonds. The fraction of sp³-hybridized carbons (Fsp3) is 0.364. The highest BCUT2D eigenvalue weighted by Gasteiger charge is 2.23. The molecule has 1 saturated heterocycles. The third-order valence-corrected chi connectivity index (χ3v) is 7.68. The van der Waals surface area contributed by atoms with E-state index in [1.807, 2.05) is 29.2 Å². The minimum absolute atomic E-state index is 0.0741. The number of imidazole rings is 1. The summed E-state index contributed by atoms with van der Waals surface area (Å²) in [6.07, 6.45) is 0.836. The molecule has 30 heavy (non-hydrogen) atoms. The molecule has 4 rings (SSSR count). The molecule has 3 aromatic rings. The Balaban J connectivity index is 1.45. The molecular formula is C22H26N4O3S. The highest BCUT2D eigenvalue weighted by Crippen LogP contribution is 2.20. The lowest BCUT2D eigenvalue weighted by Crippen LogP contribution is -2.35. The molecule has 1 fully saturated rings. The monoisotopic (exact) mass is 426 g/mol. The minimum Gasteiger partial charge on any atom is -0.341 e. The maximum Gasteiger partial charge on any atom is 0.253 e. The minimum atomic E-state index is -3.34. The van der Waals surface area contributed by atoms with E-state index in [0.29, 0.717) is 25.2 Å². The number of nitrogens with one attached hydrogen (secondary N) is 1. The van der Waals surface area contributed by atoms with Crippen LogP contribution in [0.25, 0.3) is 11.0 Å². The summed E-state index contributed by atoms with van der Waals surface area (Å²) in [6, 6.07) is 14.2. The first-order valence-electron chi connectivity index (χ1n) is 10.2. The van der Waals surface area contributed by atoms with E-state index >= 15 is 0 Å². The molecule has 0 spiro atoms. The molecule has 1 aliphatic rings. The van der Waals surface area contributed by atoms with Gasteiger partial charge in [0.2, 0.25) is 5.95 Å². The van der Waals surface area contributed by atoms with Gasteiger partial charge in [0.25, 0.3) is 5.91 Å². The van der Waals surface area contributed by atoms with Crippen molar-refractivity contribution in [1.29, 1.82) is 0 Å².